The van der Waals surface area contributed by atoms with E-state index < -0.39 is 40.4 Å². The van der Waals surface area contributed by atoms with Crippen molar-refractivity contribution in [3.8, 4) is 5.75 Å². The number of amides is 1. The molecule has 3 aromatic rings. The third kappa shape index (κ3) is 9.87. The lowest BCUT2D eigenvalue weighted by Crippen LogP contribution is -2.17. The van der Waals surface area contributed by atoms with E-state index in [4.69, 9.17) is 13.7 Å². The highest BCUT2D eigenvalue weighted by Crippen LogP contribution is 2.20. The molecule has 0 aliphatic carbocycles. The Kier molecular flexibility index (Phi) is 10.8. The molecule has 0 fully saturated rings. The summed E-state index contributed by atoms with van der Waals surface area (Å²) in [6, 6.07) is 17.7. The Morgan fingerprint density at radius 3 is 2.00 bits per heavy atom. The Morgan fingerprint density at radius 1 is 0.780 bits per heavy atom. The number of ether oxygens (including phenoxy) is 2. The van der Waals surface area contributed by atoms with Gasteiger partial charge in [0.1, 0.15) is 10.6 Å². The molecule has 1 amide bonds. The maximum Gasteiger partial charge on any atom is 0.339 e. The van der Waals surface area contributed by atoms with Gasteiger partial charge in [0.2, 0.25) is 5.91 Å². The van der Waals surface area contributed by atoms with Gasteiger partial charge in [-0.1, -0.05) is 31.5 Å². The third-order valence-corrected chi connectivity index (χ3v) is 6.83. The number of benzene rings is 3. The highest BCUT2D eigenvalue weighted by atomic mass is 32.2. The maximum absolute atomic E-state index is 12.4. The average molecular weight is 582 g/mol. The fourth-order valence-electron chi connectivity index (χ4n) is 3.33. The molecule has 0 atom stereocenters. The summed E-state index contributed by atoms with van der Waals surface area (Å²) < 4.78 is 40.1. The Balaban J connectivity index is 1.40. The number of rotatable bonds is 13. The first-order valence-electron chi connectivity index (χ1n) is 12.8. The summed E-state index contributed by atoms with van der Waals surface area (Å²) in [6.07, 6.45) is -0.422. The van der Waals surface area contributed by atoms with Gasteiger partial charge in [-0.25, -0.2) is 4.79 Å². The summed E-state index contributed by atoms with van der Waals surface area (Å²) >= 11 is 0. The minimum atomic E-state index is -4.03. The quantitative estimate of drug-likeness (QED) is 0.172. The van der Waals surface area contributed by atoms with Crippen LogP contribution in [-0.2, 0) is 29.2 Å². The van der Waals surface area contributed by atoms with Crippen molar-refractivity contribution in [1.29, 1.82) is 0 Å². The number of carbonyl (C=O) groups is 4. The van der Waals surface area contributed by atoms with Crippen molar-refractivity contribution in [2.75, 3.05) is 18.5 Å². The van der Waals surface area contributed by atoms with Crippen molar-refractivity contribution in [3.05, 3.63) is 89.5 Å². The number of carbonyl (C=O) groups excluding carboxylic acids is 4. The molecule has 0 saturated carbocycles. The molecule has 0 radical (unpaired) electrons. The molecule has 1 N–H and O–H groups in total. The summed E-state index contributed by atoms with van der Waals surface area (Å²) in [6.45, 7) is 5.46. The Hall–Kier alpha value is -4.51. The normalized spacial score (nSPS) is 11.0. The van der Waals surface area contributed by atoms with Crippen LogP contribution in [0.1, 0.15) is 53.0 Å². The van der Waals surface area contributed by atoms with Crippen LogP contribution >= 0.6 is 0 Å². The largest absolute Gasteiger partial charge is 0.462 e. The summed E-state index contributed by atoms with van der Waals surface area (Å²) in [5, 5.41) is 2.62. The monoisotopic (exact) mass is 581 g/mol. The van der Waals surface area contributed by atoms with Gasteiger partial charge < -0.3 is 19.0 Å². The predicted octanol–water partition coefficient (Wildman–Crippen LogP) is 4.72. The van der Waals surface area contributed by atoms with E-state index in [9.17, 15) is 27.6 Å². The number of anilines is 1. The minimum Gasteiger partial charge on any atom is -0.462 e. The number of esters is 2. The van der Waals surface area contributed by atoms with E-state index in [2.05, 4.69) is 5.32 Å². The Labute approximate surface area is 238 Å². The SMILES string of the molecule is Cc1ccc(S(=O)(=O)Oc2ccc(C(=O)COC(=O)CCC(=O)Nc3ccc(C(=O)OCC(C)C)cc3)cc2)cc1. The van der Waals surface area contributed by atoms with Crippen LogP contribution in [0.15, 0.2) is 77.7 Å². The van der Waals surface area contributed by atoms with Gasteiger partial charge in [0.25, 0.3) is 0 Å². The molecular formula is C30H31NO9S. The van der Waals surface area contributed by atoms with E-state index in [0.717, 1.165) is 5.56 Å². The van der Waals surface area contributed by atoms with Crippen LogP contribution in [0.4, 0.5) is 5.69 Å². The van der Waals surface area contributed by atoms with E-state index >= 15 is 0 Å². The smallest absolute Gasteiger partial charge is 0.339 e. The first kappa shape index (κ1) is 31.0. The Bertz CT molecular complexity index is 1480. The van der Waals surface area contributed by atoms with Gasteiger partial charge in [-0.15, -0.1) is 0 Å². The zero-order valence-electron chi connectivity index (χ0n) is 22.9. The van der Waals surface area contributed by atoms with Gasteiger partial charge in [0.15, 0.2) is 12.4 Å². The summed E-state index contributed by atoms with van der Waals surface area (Å²) in [4.78, 5) is 48.6. The van der Waals surface area contributed by atoms with Crippen molar-refractivity contribution in [3.63, 3.8) is 0 Å². The first-order chi connectivity index (χ1) is 19.4. The molecule has 0 aliphatic heterocycles. The van der Waals surface area contributed by atoms with Crippen LogP contribution in [0.25, 0.3) is 0 Å². The standard InChI is InChI=1S/C30H31NO9S/c1-20(2)18-39-30(35)23-6-10-24(11-7-23)31-28(33)16-17-29(34)38-19-27(32)22-8-12-25(13-9-22)40-41(36,37)26-14-4-21(3)5-15-26/h4-15,20H,16-19H2,1-3H3,(H,31,33). The molecule has 3 rings (SSSR count). The highest BCUT2D eigenvalue weighted by Gasteiger charge is 2.17. The third-order valence-electron chi connectivity index (χ3n) is 5.56. The topological polar surface area (TPSA) is 142 Å². The lowest BCUT2D eigenvalue weighted by Gasteiger charge is -2.09. The van der Waals surface area contributed by atoms with Gasteiger partial charge in [-0.05, 0) is 73.5 Å². The fraction of sp³-hybridized carbons (Fsp3) is 0.267. The number of hydrogen-bond donors (Lipinski definition) is 1. The lowest BCUT2D eigenvalue weighted by atomic mass is 10.1. The predicted molar refractivity (Wildman–Crippen MR) is 150 cm³/mol. The summed E-state index contributed by atoms with van der Waals surface area (Å²) in [5.74, 6) is -1.91. The Morgan fingerprint density at radius 2 is 1.39 bits per heavy atom. The minimum absolute atomic E-state index is 0.000800. The molecule has 0 bridgehead atoms. The molecule has 0 aliphatic rings. The molecule has 0 aromatic heterocycles. The number of ketones is 1. The van der Waals surface area contributed by atoms with Crippen LogP contribution in [-0.4, -0.2) is 45.3 Å². The second kappa shape index (κ2) is 14.2. The van der Waals surface area contributed by atoms with Gasteiger partial charge in [0, 0.05) is 17.7 Å². The number of aryl methyl sites for hydroxylation is 1. The molecule has 216 valence electrons. The zero-order valence-corrected chi connectivity index (χ0v) is 23.7. The average Bonchev–Trinajstić information content (AvgIpc) is 2.94. The summed E-state index contributed by atoms with van der Waals surface area (Å²) in [7, 11) is -4.03. The second-order valence-electron chi connectivity index (χ2n) is 9.58. The van der Waals surface area contributed by atoms with Crippen molar-refractivity contribution >= 4 is 39.4 Å². The van der Waals surface area contributed by atoms with E-state index in [1.807, 2.05) is 20.8 Å². The molecule has 11 heteroatoms. The van der Waals surface area contributed by atoms with Crippen molar-refractivity contribution in [2.24, 2.45) is 5.92 Å². The van der Waals surface area contributed by atoms with E-state index in [1.54, 1.807) is 24.3 Å². The molecule has 0 saturated heterocycles. The number of nitrogens with one attached hydrogen (secondary N) is 1. The molecular weight excluding hydrogens is 550 g/mol. The molecule has 0 spiro atoms. The maximum atomic E-state index is 12.4. The molecule has 41 heavy (non-hydrogen) atoms. The highest BCUT2D eigenvalue weighted by molar-refractivity contribution is 7.87. The van der Waals surface area contributed by atoms with Crippen molar-refractivity contribution in [2.45, 2.75) is 38.5 Å². The van der Waals surface area contributed by atoms with E-state index in [0.29, 0.717) is 17.9 Å². The van der Waals surface area contributed by atoms with Crippen LogP contribution in [0.2, 0.25) is 0 Å². The van der Waals surface area contributed by atoms with Crippen LogP contribution < -0.4 is 9.50 Å². The van der Waals surface area contributed by atoms with Gasteiger partial charge in [-0.3, -0.25) is 14.4 Å². The van der Waals surface area contributed by atoms with Crippen LogP contribution in [0.3, 0.4) is 0 Å². The van der Waals surface area contributed by atoms with Crippen LogP contribution in [0.5, 0.6) is 5.75 Å². The van der Waals surface area contributed by atoms with Gasteiger partial charge >= 0.3 is 22.1 Å². The first-order valence-corrected chi connectivity index (χ1v) is 14.2. The fourth-order valence-corrected chi connectivity index (χ4v) is 4.26. The zero-order chi connectivity index (χ0) is 30.0. The summed E-state index contributed by atoms with van der Waals surface area (Å²) in [5.41, 5.74) is 1.89. The lowest BCUT2D eigenvalue weighted by molar-refractivity contribution is -0.143. The number of hydrogen-bond acceptors (Lipinski definition) is 9. The van der Waals surface area contributed by atoms with Gasteiger partial charge in [-0.2, -0.15) is 8.42 Å². The molecule has 3 aromatic carbocycles. The van der Waals surface area contributed by atoms with E-state index in [-0.39, 0.29) is 35.0 Å². The molecule has 10 nitrogen and oxygen atoms in total. The van der Waals surface area contributed by atoms with Crippen molar-refractivity contribution < 1.29 is 41.3 Å². The molecule has 0 unspecified atom stereocenters. The molecule has 0 heterocycles. The van der Waals surface area contributed by atoms with Gasteiger partial charge in [0.05, 0.1) is 18.6 Å². The van der Waals surface area contributed by atoms with Crippen molar-refractivity contribution in [1.82, 2.24) is 0 Å². The van der Waals surface area contributed by atoms with Crippen LogP contribution in [0, 0.1) is 12.8 Å². The number of Topliss-reactive ketones (excluding diaryl/α,β-unsaturated/α-hetero) is 1. The van der Waals surface area contributed by atoms with E-state index in [1.165, 1.54) is 48.5 Å². The second-order valence-corrected chi connectivity index (χ2v) is 11.1.